The summed E-state index contributed by atoms with van der Waals surface area (Å²) >= 11 is 1.12. The number of thiophene rings is 1. The Labute approximate surface area is 84.2 Å². The molecule has 1 aromatic carbocycles. The van der Waals surface area contributed by atoms with Crippen molar-refractivity contribution in [1.82, 2.24) is 0 Å². The van der Waals surface area contributed by atoms with Crippen molar-refractivity contribution >= 4 is 27.1 Å². The van der Waals surface area contributed by atoms with Crippen LogP contribution in [-0.4, -0.2) is 0 Å². The van der Waals surface area contributed by atoms with Crippen molar-refractivity contribution in [3.05, 3.63) is 28.6 Å². The standard InChI is InChI=1S/C10H9F2NS/c1-5-2-8-6(3-7(5)13)4-9(14-8)10(11)12/h2-4,10H,13H2,1H3. The van der Waals surface area contributed by atoms with Gasteiger partial charge in [-0.15, -0.1) is 11.3 Å². The molecule has 2 aromatic rings. The van der Waals surface area contributed by atoms with Crippen LogP contribution in [0.5, 0.6) is 0 Å². The van der Waals surface area contributed by atoms with Crippen molar-refractivity contribution < 1.29 is 8.78 Å². The summed E-state index contributed by atoms with van der Waals surface area (Å²) in [6, 6.07) is 5.09. The second kappa shape index (κ2) is 3.20. The summed E-state index contributed by atoms with van der Waals surface area (Å²) in [5, 5.41) is 0.799. The molecule has 0 unspecified atom stereocenters. The van der Waals surface area contributed by atoms with Gasteiger partial charge >= 0.3 is 0 Å². The Morgan fingerprint density at radius 1 is 1.29 bits per heavy atom. The fourth-order valence-electron chi connectivity index (χ4n) is 1.33. The molecule has 0 fully saturated rings. The fraction of sp³-hybridized carbons (Fsp3) is 0.200. The molecule has 0 saturated carbocycles. The maximum atomic E-state index is 12.4. The van der Waals surface area contributed by atoms with E-state index in [4.69, 9.17) is 5.73 Å². The highest BCUT2D eigenvalue weighted by atomic mass is 32.1. The van der Waals surface area contributed by atoms with Crippen LogP contribution in [0.1, 0.15) is 16.9 Å². The molecule has 14 heavy (non-hydrogen) atoms. The third-order valence-electron chi connectivity index (χ3n) is 2.14. The van der Waals surface area contributed by atoms with Crippen LogP contribution in [0.25, 0.3) is 10.1 Å². The Bertz CT molecular complexity index is 437. The van der Waals surface area contributed by atoms with Gasteiger partial charge in [-0.1, -0.05) is 0 Å². The highest BCUT2D eigenvalue weighted by molar-refractivity contribution is 7.19. The van der Waals surface area contributed by atoms with E-state index in [1.807, 2.05) is 13.0 Å². The van der Waals surface area contributed by atoms with Crippen molar-refractivity contribution in [1.29, 1.82) is 0 Å². The first-order chi connectivity index (χ1) is 6.58. The molecule has 1 aromatic heterocycles. The zero-order chi connectivity index (χ0) is 10.3. The largest absolute Gasteiger partial charge is 0.398 e. The van der Waals surface area contributed by atoms with Crippen LogP contribution in [-0.2, 0) is 0 Å². The van der Waals surface area contributed by atoms with Gasteiger partial charge in [0.1, 0.15) is 0 Å². The Kier molecular flexibility index (Phi) is 2.15. The smallest absolute Gasteiger partial charge is 0.272 e. The summed E-state index contributed by atoms with van der Waals surface area (Å²) in [7, 11) is 0. The highest BCUT2D eigenvalue weighted by Crippen LogP contribution is 2.34. The summed E-state index contributed by atoms with van der Waals surface area (Å²) in [6.45, 7) is 1.87. The number of nitrogen functional groups attached to an aromatic ring is 1. The lowest BCUT2D eigenvalue weighted by molar-refractivity contribution is 0.156. The lowest BCUT2D eigenvalue weighted by Crippen LogP contribution is -1.87. The Balaban J connectivity index is 2.66. The lowest BCUT2D eigenvalue weighted by Gasteiger charge is -1.98. The predicted octanol–water partition coefficient (Wildman–Crippen LogP) is 3.73. The molecule has 1 nitrogen and oxygen atoms in total. The summed E-state index contributed by atoms with van der Waals surface area (Å²) in [6.07, 6.45) is -2.39. The molecule has 0 atom stereocenters. The van der Waals surface area contributed by atoms with Gasteiger partial charge in [-0.2, -0.15) is 0 Å². The van der Waals surface area contributed by atoms with Crippen LogP contribution in [0.15, 0.2) is 18.2 Å². The first-order valence-electron chi connectivity index (χ1n) is 4.15. The van der Waals surface area contributed by atoms with Crippen LogP contribution in [0.3, 0.4) is 0 Å². The van der Waals surface area contributed by atoms with Crippen molar-refractivity contribution in [2.45, 2.75) is 13.3 Å². The third-order valence-corrected chi connectivity index (χ3v) is 3.24. The second-order valence-electron chi connectivity index (χ2n) is 3.20. The number of halogens is 2. The van der Waals surface area contributed by atoms with Gasteiger partial charge in [0.05, 0.1) is 4.88 Å². The van der Waals surface area contributed by atoms with E-state index in [1.165, 1.54) is 6.07 Å². The average Bonchev–Trinajstić information content (AvgIpc) is 2.48. The lowest BCUT2D eigenvalue weighted by atomic mass is 10.1. The van der Waals surface area contributed by atoms with Gasteiger partial charge in [-0.25, -0.2) is 8.78 Å². The number of hydrogen-bond donors (Lipinski definition) is 1. The van der Waals surface area contributed by atoms with E-state index in [1.54, 1.807) is 6.07 Å². The minimum Gasteiger partial charge on any atom is -0.398 e. The molecule has 0 saturated heterocycles. The van der Waals surface area contributed by atoms with E-state index < -0.39 is 6.43 Å². The minimum atomic E-state index is -2.39. The zero-order valence-corrected chi connectivity index (χ0v) is 8.37. The molecule has 0 radical (unpaired) electrons. The number of hydrogen-bond acceptors (Lipinski definition) is 2. The Morgan fingerprint density at radius 3 is 2.64 bits per heavy atom. The average molecular weight is 213 g/mol. The first kappa shape index (κ1) is 9.40. The molecule has 2 rings (SSSR count). The maximum Gasteiger partial charge on any atom is 0.272 e. The molecular formula is C10H9F2NS. The summed E-state index contributed by atoms with van der Waals surface area (Å²) in [4.78, 5) is 0.102. The van der Waals surface area contributed by atoms with E-state index >= 15 is 0 Å². The van der Waals surface area contributed by atoms with Crippen molar-refractivity contribution in [3.8, 4) is 0 Å². The van der Waals surface area contributed by atoms with Gasteiger partial charge in [-0.3, -0.25) is 0 Å². The van der Waals surface area contributed by atoms with Crippen molar-refractivity contribution in [2.75, 3.05) is 5.73 Å². The maximum absolute atomic E-state index is 12.4. The number of rotatable bonds is 1. The van der Waals surface area contributed by atoms with E-state index in [0.29, 0.717) is 5.69 Å². The third kappa shape index (κ3) is 1.46. The molecule has 1 heterocycles. The van der Waals surface area contributed by atoms with Crippen molar-refractivity contribution in [2.24, 2.45) is 0 Å². The van der Waals surface area contributed by atoms with Crippen LogP contribution in [0.2, 0.25) is 0 Å². The number of alkyl halides is 2. The Morgan fingerprint density at radius 2 is 2.00 bits per heavy atom. The number of nitrogens with two attached hydrogens (primary N) is 1. The number of anilines is 1. The monoisotopic (exact) mass is 213 g/mol. The minimum absolute atomic E-state index is 0.102. The predicted molar refractivity (Wildman–Crippen MR) is 55.9 cm³/mol. The SMILES string of the molecule is Cc1cc2sc(C(F)F)cc2cc1N. The first-order valence-corrected chi connectivity index (χ1v) is 4.97. The molecule has 0 aliphatic heterocycles. The van der Waals surface area contributed by atoms with Crippen molar-refractivity contribution in [3.63, 3.8) is 0 Å². The number of fused-ring (bicyclic) bond motifs is 1. The quantitative estimate of drug-likeness (QED) is 0.717. The highest BCUT2D eigenvalue weighted by Gasteiger charge is 2.11. The van der Waals surface area contributed by atoms with Gasteiger partial charge in [0.2, 0.25) is 0 Å². The molecule has 0 amide bonds. The normalized spacial score (nSPS) is 11.4. The Hall–Kier alpha value is -1.16. The summed E-state index contributed by atoms with van der Waals surface area (Å²) < 4.78 is 25.6. The number of benzene rings is 1. The molecule has 0 aliphatic rings. The van der Waals surface area contributed by atoms with Gasteiger partial charge in [-0.05, 0) is 36.1 Å². The second-order valence-corrected chi connectivity index (χ2v) is 4.31. The fourth-order valence-corrected chi connectivity index (χ4v) is 2.33. The molecular weight excluding hydrogens is 204 g/mol. The van der Waals surface area contributed by atoms with Gasteiger partial charge in [0.25, 0.3) is 6.43 Å². The van der Waals surface area contributed by atoms with Gasteiger partial charge in [0.15, 0.2) is 0 Å². The van der Waals surface area contributed by atoms with E-state index in [9.17, 15) is 8.78 Å². The summed E-state index contributed by atoms with van der Waals surface area (Å²) in [5.74, 6) is 0. The topological polar surface area (TPSA) is 26.0 Å². The molecule has 4 heteroatoms. The molecule has 74 valence electrons. The van der Waals surface area contributed by atoms with Crippen LogP contribution in [0, 0.1) is 6.92 Å². The number of aryl methyl sites for hydroxylation is 1. The van der Waals surface area contributed by atoms with Crippen LogP contribution < -0.4 is 5.73 Å². The molecule has 0 aliphatic carbocycles. The van der Waals surface area contributed by atoms with Gasteiger partial charge in [0, 0.05) is 10.4 Å². The summed E-state index contributed by atoms with van der Waals surface area (Å²) in [5.41, 5.74) is 7.27. The van der Waals surface area contributed by atoms with E-state index in [-0.39, 0.29) is 4.88 Å². The molecule has 0 bridgehead atoms. The van der Waals surface area contributed by atoms with Crippen LogP contribution >= 0.6 is 11.3 Å². The molecule has 0 spiro atoms. The van der Waals surface area contributed by atoms with E-state index in [0.717, 1.165) is 27.0 Å². The zero-order valence-electron chi connectivity index (χ0n) is 7.55. The van der Waals surface area contributed by atoms with E-state index in [2.05, 4.69) is 0 Å². The molecule has 2 N–H and O–H groups in total. The van der Waals surface area contributed by atoms with Gasteiger partial charge < -0.3 is 5.73 Å². The van der Waals surface area contributed by atoms with Crippen LogP contribution in [0.4, 0.5) is 14.5 Å².